The SMILES string of the molecule is COc1ccc(-c2cn(-c3ccccc3)nc2C(=O)NCCCN(C)C)cc1OC. The molecular weight excluding hydrogens is 380 g/mol. The van der Waals surface area contributed by atoms with Crippen molar-refractivity contribution in [3.63, 3.8) is 0 Å². The van der Waals surface area contributed by atoms with Crippen molar-refractivity contribution in [1.82, 2.24) is 20.0 Å². The molecule has 0 saturated carbocycles. The first kappa shape index (κ1) is 21.4. The highest BCUT2D eigenvalue weighted by Crippen LogP contribution is 2.34. The second-order valence-corrected chi connectivity index (χ2v) is 7.15. The summed E-state index contributed by atoms with van der Waals surface area (Å²) in [6, 6.07) is 15.3. The highest BCUT2D eigenvalue weighted by molar-refractivity contribution is 5.99. The molecule has 0 atom stereocenters. The van der Waals surface area contributed by atoms with E-state index in [1.165, 1.54) is 0 Å². The van der Waals surface area contributed by atoms with Gasteiger partial charge in [0.25, 0.3) is 5.91 Å². The molecule has 0 fully saturated rings. The summed E-state index contributed by atoms with van der Waals surface area (Å²) >= 11 is 0. The molecule has 0 saturated heterocycles. The monoisotopic (exact) mass is 408 g/mol. The third-order valence-corrected chi connectivity index (χ3v) is 4.71. The van der Waals surface area contributed by atoms with Gasteiger partial charge in [-0.1, -0.05) is 24.3 Å². The summed E-state index contributed by atoms with van der Waals surface area (Å²) in [6.45, 7) is 1.49. The predicted octanol–water partition coefficient (Wildman–Crippen LogP) is 3.24. The number of hydrogen-bond acceptors (Lipinski definition) is 5. The van der Waals surface area contributed by atoms with Crippen LogP contribution in [0.25, 0.3) is 16.8 Å². The van der Waals surface area contributed by atoms with E-state index in [1.54, 1.807) is 18.9 Å². The number of amides is 1. The number of aromatic nitrogens is 2. The van der Waals surface area contributed by atoms with Gasteiger partial charge >= 0.3 is 0 Å². The van der Waals surface area contributed by atoms with E-state index in [1.807, 2.05) is 68.8 Å². The summed E-state index contributed by atoms with van der Waals surface area (Å²) in [5, 5.41) is 7.57. The van der Waals surface area contributed by atoms with Crippen molar-refractivity contribution in [3.8, 4) is 28.3 Å². The van der Waals surface area contributed by atoms with Gasteiger partial charge in [-0.05, 0) is 56.9 Å². The Morgan fingerprint density at radius 2 is 1.80 bits per heavy atom. The van der Waals surface area contributed by atoms with E-state index < -0.39 is 0 Å². The molecule has 7 heteroatoms. The third kappa shape index (κ3) is 4.99. The normalized spacial score (nSPS) is 10.8. The lowest BCUT2D eigenvalue weighted by molar-refractivity contribution is 0.0947. The van der Waals surface area contributed by atoms with Crippen LogP contribution in [0.2, 0.25) is 0 Å². The number of nitrogens with one attached hydrogen (secondary N) is 1. The zero-order valence-corrected chi connectivity index (χ0v) is 17.9. The number of para-hydroxylation sites is 1. The first-order valence-corrected chi connectivity index (χ1v) is 9.84. The Hall–Kier alpha value is -3.32. The molecule has 1 aromatic heterocycles. The van der Waals surface area contributed by atoms with Crippen LogP contribution in [0.1, 0.15) is 16.9 Å². The molecule has 1 heterocycles. The fourth-order valence-electron chi connectivity index (χ4n) is 3.15. The number of ether oxygens (including phenoxy) is 2. The lowest BCUT2D eigenvalue weighted by Gasteiger charge is -2.11. The summed E-state index contributed by atoms with van der Waals surface area (Å²) in [7, 11) is 7.21. The minimum atomic E-state index is -0.201. The molecule has 0 radical (unpaired) electrons. The number of benzene rings is 2. The van der Waals surface area contributed by atoms with Crippen LogP contribution in [0.4, 0.5) is 0 Å². The van der Waals surface area contributed by atoms with E-state index in [0.717, 1.165) is 29.8 Å². The second-order valence-electron chi connectivity index (χ2n) is 7.15. The molecule has 158 valence electrons. The van der Waals surface area contributed by atoms with Crippen LogP contribution in [0.5, 0.6) is 11.5 Å². The van der Waals surface area contributed by atoms with E-state index in [9.17, 15) is 4.79 Å². The lowest BCUT2D eigenvalue weighted by atomic mass is 10.1. The maximum absolute atomic E-state index is 12.9. The molecular formula is C23H28N4O3. The van der Waals surface area contributed by atoms with Gasteiger partial charge < -0.3 is 19.7 Å². The molecule has 1 N–H and O–H groups in total. The zero-order valence-electron chi connectivity index (χ0n) is 17.9. The average Bonchev–Trinajstić information content (AvgIpc) is 3.22. The minimum absolute atomic E-state index is 0.201. The Kier molecular flexibility index (Phi) is 7.08. The predicted molar refractivity (Wildman–Crippen MR) is 118 cm³/mol. The summed E-state index contributed by atoms with van der Waals surface area (Å²) in [5.74, 6) is 1.03. The number of carbonyl (C=O) groups is 1. The summed E-state index contributed by atoms with van der Waals surface area (Å²) in [4.78, 5) is 15.0. The van der Waals surface area contributed by atoms with E-state index in [0.29, 0.717) is 23.7 Å². The van der Waals surface area contributed by atoms with Crippen LogP contribution >= 0.6 is 0 Å². The lowest BCUT2D eigenvalue weighted by Crippen LogP contribution is -2.28. The summed E-state index contributed by atoms with van der Waals surface area (Å²) in [6.07, 6.45) is 2.73. The zero-order chi connectivity index (χ0) is 21.5. The summed E-state index contributed by atoms with van der Waals surface area (Å²) in [5.41, 5.74) is 2.81. The van der Waals surface area contributed by atoms with Crippen molar-refractivity contribution >= 4 is 5.91 Å². The van der Waals surface area contributed by atoms with E-state index >= 15 is 0 Å². The van der Waals surface area contributed by atoms with Crippen LogP contribution < -0.4 is 14.8 Å². The van der Waals surface area contributed by atoms with Gasteiger partial charge in [0.1, 0.15) is 0 Å². The smallest absolute Gasteiger partial charge is 0.272 e. The van der Waals surface area contributed by atoms with Gasteiger partial charge in [0, 0.05) is 18.3 Å². The topological polar surface area (TPSA) is 68.6 Å². The molecule has 0 bridgehead atoms. The van der Waals surface area contributed by atoms with Crippen molar-refractivity contribution in [2.45, 2.75) is 6.42 Å². The van der Waals surface area contributed by atoms with Gasteiger partial charge in [0.05, 0.1) is 19.9 Å². The highest BCUT2D eigenvalue weighted by Gasteiger charge is 2.20. The number of carbonyl (C=O) groups excluding carboxylic acids is 1. The van der Waals surface area contributed by atoms with Crippen molar-refractivity contribution in [2.24, 2.45) is 0 Å². The fourth-order valence-corrected chi connectivity index (χ4v) is 3.15. The largest absolute Gasteiger partial charge is 0.493 e. The molecule has 0 aliphatic rings. The molecule has 2 aromatic carbocycles. The van der Waals surface area contributed by atoms with Crippen LogP contribution in [-0.4, -0.2) is 62.0 Å². The van der Waals surface area contributed by atoms with Crippen molar-refractivity contribution in [2.75, 3.05) is 41.4 Å². The molecule has 0 unspecified atom stereocenters. The fraction of sp³-hybridized carbons (Fsp3) is 0.304. The summed E-state index contributed by atoms with van der Waals surface area (Å²) < 4.78 is 12.5. The molecule has 3 aromatic rings. The van der Waals surface area contributed by atoms with Crippen molar-refractivity contribution in [3.05, 3.63) is 60.4 Å². The van der Waals surface area contributed by atoms with Gasteiger partial charge in [0.2, 0.25) is 0 Å². The molecule has 0 spiro atoms. The molecule has 7 nitrogen and oxygen atoms in total. The van der Waals surface area contributed by atoms with E-state index in [-0.39, 0.29) is 5.91 Å². The van der Waals surface area contributed by atoms with Crippen LogP contribution in [0.3, 0.4) is 0 Å². The average molecular weight is 409 g/mol. The van der Waals surface area contributed by atoms with Crippen LogP contribution in [0, 0.1) is 0 Å². The third-order valence-electron chi connectivity index (χ3n) is 4.71. The Bertz CT molecular complexity index is 983. The Morgan fingerprint density at radius 3 is 2.47 bits per heavy atom. The van der Waals surface area contributed by atoms with E-state index in [2.05, 4.69) is 15.3 Å². The maximum Gasteiger partial charge on any atom is 0.272 e. The molecule has 0 aliphatic carbocycles. The first-order chi connectivity index (χ1) is 14.5. The molecule has 0 aliphatic heterocycles. The highest BCUT2D eigenvalue weighted by atomic mass is 16.5. The van der Waals surface area contributed by atoms with Crippen molar-refractivity contribution < 1.29 is 14.3 Å². The second kappa shape index (κ2) is 9.93. The van der Waals surface area contributed by atoms with Gasteiger partial charge in [-0.2, -0.15) is 5.10 Å². The number of rotatable bonds is 9. The van der Waals surface area contributed by atoms with Crippen LogP contribution in [0.15, 0.2) is 54.7 Å². The van der Waals surface area contributed by atoms with Gasteiger partial charge in [-0.15, -0.1) is 0 Å². The van der Waals surface area contributed by atoms with Gasteiger partial charge in [-0.3, -0.25) is 4.79 Å². The number of hydrogen-bond donors (Lipinski definition) is 1. The standard InChI is InChI=1S/C23H28N4O3/c1-26(2)14-8-13-24-23(28)22-19(16-27(25-22)18-9-6-5-7-10-18)17-11-12-20(29-3)21(15-17)30-4/h5-7,9-12,15-16H,8,13-14H2,1-4H3,(H,24,28). The number of nitrogens with zero attached hydrogens (tertiary/aromatic N) is 3. The molecule has 1 amide bonds. The number of methoxy groups -OCH3 is 2. The van der Waals surface area contributed by atoms with Gasteiger partial charge in [0.15, 0.2) is 17.2 Å². The Labute approximate surface area is 177 Å². The molecule has 3 rings (SSSR count). The maximum atomic E-state index is 12.9. The van der Waals surface area contributed by atoms with Crippen molar-refractivity contribution in [1.29, 1.82) is 0 Å². The Balaban J connectivity index is 1.96. The van der Waals surface area contributed by atoms with Crippen LogP contribution in [-0.2, 0) is 0 Å². The molecule has 30 heavy (non-hydrogen) atoms. The van der Waals surface area contributed by atoms with Gasteiger partial charge in [-0.25, -0.2) is 4.68 Å². The quantitative estimate of drug-likeness (QED) is 0.551. The van der Waals surface area contributed by atoms with E-state index in [4.69, 9.17) is 9.47 Å². The Morgan fingerprint density at radius 1 is 1.07 bits per heavy atom. The first-order valence-electron chi connectivity index (χ1n) is 9.84. The minimum Gasteiger partial charge on any atom is -0.493 e.